The van der Waals surface area contributed by atoms with Crippen LogP contribution in [0.5, 0.6) is 0 Å². The van der Waals surface area contributed by atoms with Crippen molar-refractivity contribution in [2.45, 2.75) is 32.7 Å². The van der Waals surface area contributed by atoms with Gasteiger partial charge in [-0.15, -0.1) is 0 Å². The molecule has 27 heavy (non-hydrogen) atoms. The minimum absolute atomic E-state index is 0.0553. The van der Waals surface area contributed by atoms with Crippen LogP contribution in [0.2, 0.25) is 0 Å². The molecule has 1 saturated heterocycles. The molecule has 146 valence electrons. The molecule has 0 amide bonds. The van der Waals surface area contributed by atoms with Crippen molar-refractivity contribution in [3.63, 3.8) is 0 Å². The third-order valence-electron chi connectivity index (χ3n) is 4.85. The molecule has 1 aliphatic heterocycles. The predicted molar refractivity (Wildman–Crippen MR) is 106 cm³/mol. The van der Waals surface area contributed by atoms with E-state index in [9.17, 15) is 9.59 Å². The Labute approximate surface area is 157 Å². The average Bonchev–Trinajstić information content (AvgIpc) is 3.03. The van der Waals surface area contributed by atoms with Crippen molar-refractivity contribution in [1.82, 2.24) is 29.7 Å². The van der Waals surface area contributed by atoms with E-state index in [2.05, 4.69) is 50.2 Å². The van der Waals surface area contributed by atoms with Crippen LogP contribution in [-0.2, 0) is 6.54 Å². The molecule has 0 unspecified atom stereocenters. The molecule has 3 N–H and O–H groups in total. The van der Waals surface area contributed by atoms with Crippen LogP contribution in [0, 0.1) is 0 Å². The fraction of sp³-hybridized carbons (Fsp3) is 0.526. The van der Waals surface area contributed by atoms with E-state index in [1.54, 1.807) is 6.08 Å². The Morgan fingerprint density at radius 1 is 1.19 bits per heavy atom. The lowest BCUT2D eigenvalue weighted by atomic mass is 10.1. The number of nitrogens with zero attached hydrogens (tertiary/aromatic N) is 3. The van der Waals surface area contributed by atoms with Crippen molar-refractivity contribution < 1.29 is 0 Å². The van der Waals surface area contributed by atoms with Gasteiger partial charge in [-0.1, -0.05) is 20.4 Å². The van der Waals surface area contributed by atoms with Gasteiger partial charge in [-0.05, 0) is 25.0 Å². The minimum Gasteiger partial charge on any atom is -0.334 e. The van der Waals surface area contributed by atoms with Crippen molar-refractivity contribution in [3.8, 4) is 0 Å². The van der Waals surface area contributed by atoms with Gasteiger partial charge in [-0.25, -0.2) is 4.98 Å². The van der Waals surface area contributed by atoms with Gasteiger partial charge >= 0.3 is 0 Å². The fourth-order valence-electron chi connectivity index (χ4n) is 3.48. The monoisotopic (exact) mass is 372 g/mol. The quantitative estimate of drug-likeness (QED) is 0.599. The van der Waals surface area contributed by atoms with Crippen molar-refractivity contribution in [1.29, 1.82) is 0 Å². The third-order valence-corrected chi connectivity index (χ3v) is 4.85. The molecule has 0 saturated carbocycles. The van der Waals surface area contributed by atoms with Gasteiger partial charge in [0, 0.05) is 38.4 Å². The van der Waals surface area contributed by atoms with E-state index >= 15 is 0 Å². The molecule has 0 radical (unpaired) electrons. The van der Waals surface area contributed by atoms with Crippen LogP contribution in [0.3, 0.4) is 0 Å². The van der Waals surface area contributed by atoms with Crippen molar-refractivity contribution in [3.05, 3.63) is 49.1 Å². The van der Waals surface area contributed by atoms with Gasteiger partial charge in [0.1, 0.15) is 5.35 Å². The summed E-state index contributed by atoms with van der Waals surface area (Å²) in [6.45, 7) is 14.0. The van der Waals surface area contributed by atoms with E-state index in [1.807, 2.05) is 6.33 Å². The zero-order valence-corrected chi connectivity index (χ0v) is 16.0. The van der Waals surface area contributed by atoms with Crippen molar-refractivity contribution in [2.75, 3.05) is 32.7 Å². The molecule has 8 heteroatoms. The molecule has 0 aliphatic carbocycles. The summed E-state index contributed by atoms with van der Waals surface area (Å²) in [5.74, 6) is 0.246. The highest BCUT2D eigenvalue weighted by molar-refractivity contribution is 5.47. The number of imidazole rings is 1. The minimum atomic E-state index is -0.401. The Bertz CT molecular complexity index is 994. The molecular formula is C19H28N6O2. The van der Waals surface area contributed by atoms with Gasteiger partial charge in [-0.2, -0.15) is 0 Å². The van der Waals surface area contributed by atoms with Crippen LogP contribution in [-0.4, -0.2) is 57.1 Å². The summed E-state index contributed by atoms with van der Waals surface area (Å²) in [4.78, 5) is 35.8. The number of hydrogen-bond acceptors (Lipinski definition) is 5. The van der Waals surface area contributed by atoms with Crippen LogP contribution < -0.4 is 27.1 Å². The van der Waals surface area contributed by atoms with Crippen LogP contribution in [0.1, 0.15) is 37.6 Å². The first kappa shape index (κ1) is 19.3. The van der Waals surface area contributed by atoms with Crippen molar-refractivity contribution >= 4 is 12.7 Å². The largest absolute Gasteiger partial charge is 0.334 e. The second-order valence-electron chi connectivity index (χ2n) is 7.25. The van der Waals surface area contributed by atoms with E-state index in [1.165, 1.54) is 0 Å². The average molecular weight is 372 g/mol. The Kier molecular flexibility index (Phi) is 6.08. The maximum Gasteiger partial charge on any atom is 0.272 e. The zero-order chi connectivity index (χ0) is 19.4. The highest BCUT2D eigenvalue weighted by atomic mass is 16.1. The third kappa shape index (κ3) is 4.64. The Hall–Kier alpha value is -2.45. The standard InChI is InChI=1S/C19H28N6O2/c1-13(2)17-15(11-16-19(27)22-14(3)18(26)23-16)21-12-25(17)8-4-7-24-9-5-20-6-10-24/h11-13,20H,3-10H2,1-2H3,(H,22,27)(H,23,26). The summed E-state index contributed by atoms with van der Waals surface area (Å²) in [5.41, 5.74) is 1.00. The summed E-state index contributed by atoms with van der Waals surface area (Å²) in [7, 11) is 0. The number of piperazine rings is 1. The maximum absolute atomic E-state index is 12.1. The van der Waals surface area contributed by atoms with Crippen molar-refractivity contribution in [2.24, 2.45) is 0 Å². The first-order valence-corrected chi connectivity index (χ1v) is 9.47. The molecule has 0 atom stereocenters. The van der Waals surface area contributed by atoms with Gasteiger partial charge in [0.25, 0.3) is 11.1 Å². The summed E-state index contributed by atoms with van der Waals surface area (Å²) in [5, 5.41) is 3.62. The molecule has 2 aromatic heterocycles. The predicted octanol–water partition coefficient (Wildman–Crippen LogP) is -1.08. The molecule has 2 aromatic rings. The topological polar surface area (TPSA) is 98.8 Å². The second kappa shape index (κ2) is 8.49. The number of rotatable bonds is 6. The first-order valence-electron chi connectivity index (χ1n) is 9.47. The Balaban J connectivity index is 1.82. The molecule has 8 nitrogen and oxygen atoms in total. The van der Waals surface area contributed by atoms with Gasteiger partial charge in [0.05, 0.1) is 17.4 Å². The molecule has 0 aromatic carbocycles. The van der Waals surface area contributed by atoms with Gasteiger partial charge in [-0.3, -0.25) is 9.59 Å². The zero-order valence-electron chi connectivity index (χ0n) is 16.0. The van der Waals surface area contributed by atoms with Gasteiger partial charge in [0.15, 0.2) is 0 Å². The lowest BCUT2D eigenvalue weighted by Gasteiger charge is -2.27. The van der Waals surface area contributed by atoms with Gasteiger partial charge in [0.2, 0.25) is 0 Å². The van der Waals surface area contributed by atoms with Crippen LogP contribution in [0.25, 0.3) is 12.7 Å². The number of hydrogen-bond donors (Lipinski definition) is 3. The molecule has 0 spiro atoms. The number of aromatic amines is 2. The number of aromatic nitrogens is 4. The van der Waals surface area contributed by atoms with Gasteiger partial charge < -0.3 is 24.8 Å². The molecule has 1 fully saturated rings. The normalized spacial score (nSPS) is 16.3. The summed E-state index contributed by atoms with van der Waals surface area (Å²) in [6.07, 6.45) is 4.51. The highest BCUT2D eigenvalue weighted by Crippen LogP contribution is 2.19. The number of H-pyrrole nitrogens is 2. The highest BCUT2D eigenvalue weighted by Gasteiger charge is 2.14. The lowest BCUT2D eigenvalue weighted by molar-refractivity contribution is 0.234. The van der Waals surface area contributed by atoms with E-state index < -0.39 is 5.56 Å². The smallest absolute Gasteiger partial charge is 0.272 e. The molecule has 0 bridgehead atoms. The number of nitrogens with one attached hydrogen (secondary N) is 3. The van der Waals surface area contributed by atoms with E-state index in [-0.39, 0.29) is 22.2 Å². The summed E-state index contributed by atoms with van der Waals surface area (Å²) in [6, 6.07) is 0. The molecule has 1 aliphatic rings. The SMILES string of the molecule is C=c1[nH]c(=O)c(=Cc2ncn(CCCN3CCNCC3)c2C(C)C)[nH]c1=O. The maximum atomic E-state index is 12.1. The second-order valence-corrected chi connectivity index (χ2v) is 7.25. The fourth-order valence-corrected chi connectivity index (χ4v) is 3.48. The van der Waals surface area contributed by atoms with E-state index in [0.29, 0.717) is 5.69 Å². The van der Waals surface area contributed by atoms with Crippen LogP contribution in [0.4, 0.5) is 0 Å². The first-order chi connectivity index (χ1) is 13.0. The van der Waals surface area contributed by atoms with Crippen LogP contribution >= 0.6 is 0 Å². The van der Waals surface area contributed by atoms with E-state index in [0.717, 1.165) is 51.4 Å². The lowest BCUT2D eigenvalue weighted by Crippen LogP contribution is -2.46. The summed E-state index contributed by atoms with van der Waals surface area (Å²) < 4.78 is 2.15. The Morgan fingerprint density at radius 3 is 2.63 bits per heavy atom. The molecular weight excluding hydrogens is 344 g/mol. The Morgan fingerprint density at radius 2 is 1.93 bits per heavy atom. The molecule has 3 heterocycles. The molecule has 3 rings (SSSR count). The summed E-state index contributed by atoms with van der Waals surface area (Å²) >= 11 is 0. The van der Waals surface area contributed by atoms with Crippen LogP contribution in [0.15, 0.2) is 15.9 Å². The number of aryl methyl sites for hydroxylation is 1. The van der Waals surface area contributed by atoms with E-state index in [4.69, 9.17) is 0 Å².